The molecule has 0 aliphatic carbocycles. The molecule has 0 bridgehead atoms. The molecule has 0 saturated carbocycles. The zero-order chi connectivity index (χ0) is 12.3. The highest BCUT2D eigenvalue weighted by Crippen LogP contribution is 2.23. The van der Waals surface area contributed by atoms with E-state index in [-0.39, 0.29) is 12.4 Å². The Labute approximate surface area is 120 Å². The van der Waals surface area contributed by atoms with Crippen molar-refractivity contribution >= 4 is 49.0 Å². The normalized spacial score (nSPS) is 10.2. The quantitative estimate of drug-likeness (QED) is 0.733. The molecule has 0 fully saturated rings. The van der Waals surface area contributed by atoms with Crippen molar-refractivity contribution in [1.29, 1.82) is 0 Å². The Balaban J connectivity index is 1.97. The van der Waals surface area contributed by atoms with Gasteiger partial charge in [-0.15, -0.1) is 11.3 Å². The maximum absolute atomic E-state index is 11.8. The van der Waals surface area contributed by atoms with E-state index in [0.29, 0.717) is 10.6 Å². The van der Waals surface area contributed by atoms with Gasteiger partial charge in [-0.3, -0.25) is 4.79 Å². The van der Waals surface area contributed by atoms with Gasteiger partial charge < -0.3 is 4.74 Å². The first kappa shape index (κ1) is 12.8. The zero-order valence-corrected chi connectivity index (χ0v) is 12.6. The molecule has 1 heterocycles. The van der Waals surface area contributed by atoms with Crippen LogP contribution in [0.5, 0.6) is 5.75 Å². The summed E-state index contributed by atoms with van der Waals surface area (Å²) >= 11 is 8.08. The summed E-state index contributed by atoms with van der Waals surface area (Å²) in [6.07, 6.45) is 0. The maximum atomic E-state index is 11.8. The fraction of sp³-hybridized carbons (Fsp3) is 0.0833. The summed E-state index contributed by atoms with van der Waals surface area (Å²) in [6.45, 7) is 0.0563. The van der Waals surface area contributed by atoms with E-state index in [1.165, 1.54) is 11.3 Å². The van der Waals surface area contributed by atoms with Gasteiger partial charge in [0.25, 0.3) is 0 Å². The number of carbonyl (C=O) groups is 1. The molecule has 1 aromatic heterocycles. The molecule has 1 aromatic carbocycles. The molecule has 0 amide bonds. The highest BCUT2D eigenvalue weighted by Gasteiger charge is 2.12. The van der Waals surface area contributed by atoms with Crippen LogP contribution in [0.1, 0.15) is 9.67 Å². The molecule has 0 N–H and O–H groups in total. The topological polar surface area (TPSA) is 26.3 Å². The first-order valence-corrected chi connectivity index (χ1v) is 7.28. The molecule has 0 aliphatic rings. The van der Waals surface area contributed by atoms with Crippen LogP contribution in [0.15, 0.2) is 44.7 Å². The number of Topliss-reactive ketones (excluding diaryl/α,β-unsaturated/α-hetero) is 1. The molecule has 2 aromatic rings. The summed E-state index contributed by atoms with van der Waals surface area (Å²) in [5, 5.41) is 1.87. The van der Waals surface area contributed by atoms with Crippen LogP contribution in [0, 0.1) is 0 Å². The fourth-order valence-corrected chi connectivity index (χ4v) is 3.02. The van der Waals surface area contributed by atoms with Gasteiger partial charge in [-0.05, 0) is 51.6 Å². The molecule has 2 rings (SSSR count). The van der Waals surface area contributed by atoms with Crippen LogP contribution < -0.4 is 4.74 Å². The van der Waals surface area contributed by atoms with Gasteiger partial charge in [0.15, 0.2) is 6.61 Å². The van der Waals surface area contributed by atoms with E-state index in [2.05, 4.69) is 31.9 Å². The van der Waals surface area contributed by atoms with Gasteiger partial charge in [0.05, 0.1) is 4.88 Å². The lowest BCUT2D eigenvalue weighted by Gasteiger charge is -2.04. The summed E-state index contributed by atoms with van der Waals surface area (Å²) < 4.78 is 7.23. The first-order valence-electron chi connectivity index (χ1n) is 4.81. The van der Waals surface area contributed by atoms with E-state index in [0.717, 1.165) is 8.95 Å². The number of halogens is 2. The number of benzene rings is 1. The maximum Gasteiger partial charge on any atom is 0.211 e. The van der Waals surface area contributed by atoms with Gasteiger partial charge in [-0.1, -0.05) is 15.9 Å². The molecule has 0 aliphatic heterocycles. The zero-order valence-electron chi connectivity index (χ0n) is 8.65. The summed E-state index contributed by atoms with van der Waals surface area (Å²) in [6, 6.07) is 9.25. The van der Waals surface area contributed by atoms with Crippen LogP contribution in [-0.4, -0.2) is 12.4 Å². The number of hydrogen-bond acceptors (Lipinski definition) is 3. The lowest BCUT2D eigenvalue weighted by molar-refractivity contribution is 0.0925. The predicted molar refractivity (Wildman–Crippen MR) is 76.0 cm³/mol. The molecule has 5 heteroatoms. The molecule has 88 valence electrons. The third-order valence-electron chi connectivity index (χ3n) is 2.05. The fourth-order valence-electron chi connectivity index (χ4n) is 1.24. The molecule has 2 nitrogen and oxygen atoms in total. The average Bonchev–Trinajstić information content (AvgIpc) is 2.74. The van der Waals surface area contributed by atoms with Crippen molar-refractivity contribution in [2.45, 2.75) is 0 Å². The van der Waals surface area contributed by atoms with E-state index >= 15 is 0 Å². The first-order chi connectivity index (χ1) is 8.16. The minimum Gasteiger partial charge on any atom is -0.485 e. The van der Waals surface area contributed by atoms with Crippen molar-refractivity contribution < 1.29 is 9.53 Å². The Hall–Kier alpha value is -0.650. The molecule has 0 spiro atoms. The summed E-state index contributed by atoms with van der Waals surface area (Å²) in [5.74, 6) is 0.670. The van der Waals surface area contributed by atoms with Crippen molar-refractivity contribution in [3.8, 4) is 5.75 Å². The minimum absolute atomic E-state index is 0.0187. The monoisotopic (exact) mass is 374 g/mol. The molecular formula is C12H8Br2O2S. The smallest absolute Gasteiger partial charge is 0.211 e. The van der Waals surface area contributed by atoms with Crippen LogP contribution in [0.2, 0.25) is 0 Å². The number of carbonyl (C=O) groups excluding carboxylic acids is 1. The third kappa shape index (κ3) is 3.40. The SMILES string of the molecule is O=C(COc1ccc(Br)cc1)c1sccc1Br. The second-order valence-corrected chi connectivity index (χ2v) is 5.95. The van der Waals surface area contributed by atoms with E-state index in [1.54, 1.807) is 0 Å². The average molecular weight is 376 g/mol. The second-order valence-electron chi connectivity index (χ2n) is 3.26. The largest absolute Gasteiger partial charge is 0.485 e. The van der Waals surface area contributed by atoms with Gasteiger partial charge in [0.2, 0.25) is 5.78 Å². The number of thiophene rings is 1. The van der Waals surface area contributed by atoms with Crippen molar-refractivity contribution in [1.82, 2.24) is 0 Å². The Morgan fingerprint density at radius 2 is 1.88 bits per heavy atom. The second kappa shape index (κ2) is 5.80. The summed E-state index contributed by atoms with van der Waals surface area (Å²) in [4.78, 5) is 12.5. The highest BCUT2D eigenvalue weighted by molar-refractivity contribution is 9.10. The number of ether oxygens (including phenoxy) is 1. The predicted octanol–water partition coefficient (Wildman–Crippen LogP) is 4.53. The van der Waals surface area contributed by atoms with Gasteiger partial charge in [0.1, 0.15) is 5.75 Å². The molecule has 17 heavy (non-hydrogen) atoms. The van der Waals surface area contributed by atoms with Crippen molar-refractivity contribution in [2.24, 2.45) is 0 Å². The number of hydrogen-bond donors (Lipinski definition) is 0. The van der Waals surface area contributed by atoms with E-state index < -0.39 is 0 Å². The standard InChI is InChI=1S/C12H8Br2O2S/c13-8-1-3-9(4-2-8)16-7-11(15)12-10(14)5-6-17-12/h1-6H,7H2. The van der Waals surface area contributed by atoms with Crippen molar-refractivity contribution in [2.75, 3.05) is 6.61 Å². The van der Waals surface area contributed by atoms with Crippen LogP contribution in [0.4, 0.5) is 0 Å². The molecule has 0 saturated heterocycles. The Morgan fingerprint density at radius 3 is 2.47 bits per heavy atom. The highest BCUT2D eigenvalue weighted by atomic mass is 79.9. The van der Waals surface area contributed by atoms with Gasteiger partial charge in [-0.25, -0.2) is 0 Å². The van der Waals surface area contributed by atoms with Crippen LogP contribution in [0.25, 0.3) is 0 Å². The molecule has 0 unspecified atom stereocenters. The van der Waals surface area contributed by atoms with E-state index in [4.69, 9.17) is 4.74 Å². The van der Waals surface area contributed by atoms with Gasteiger partial charge >= 0.3 is 0 Å². The molecular weight excluding hydrogens is 368 g/mol. The summed E-state index contributed by atoms with van der Waals surface area (Å²) in [5.41, 5.74) is 0. The molecule has 0 radical (unpaired) electrons. The van der Waals surface area contributed by atoms with Crippen LogP contribution in [0.3, 0.4) is 0 Å². The van der Waals surface area contributed by atoms with Crippen LogP contribution >= 0.6 is 43.2 Å². The van der Waals surface area contributed by atoms with Gasteiger partial charge in [0, 0.05) is 8.95 Å². The lowest BCUT2D eigenvalue weighted by Crippen LogP contribution is -2.10. The Bertz CT molecular complexity index is 520. The Morgan fingerprint density at radius 1 is 1.18 bits per heavy atom. The van der Waals surface area contributed by atoms with Crippen molar-refractivity contribution in [3.05, 3.63) is 49.5 Å². The van der Waals surface area contributed by atoms with Crippen molar-refractivity contribution in [3.63, 3.8) is 0 Å². The minimum atomic E-state index is -0.0187. The van der Waals surface area contributed by atoms with E-state index in [9.17, 15) is 4.79 Å². The van der Waals surface area contributed by atoms with Gasteiger partial charge in [-0.2, -0.15) is 0 Å². The number of rotatable bonds is 4. The number of ketones is 1. The Kier molecular flexibility index (Phi) is 4.36. The summed E-state index contributed by atoms with van der Waals surface area (Å²) in [7, 11) is 0. The lowest BCUT2D eigenvalue weighted by atomic mass is 10.3. The van der Waals surface area contributed by atoms with E-state index in [1.807, 2.05) is 35.7 Å². The van der Waals surface area contributed by atoms with Crippen LogP contribution in [-0.2, 0) is 0 Å². The third-order valence-corrected chi connectivity index (χ3v) is 4.46. The molecule has 0 atom stereocenters.